The molecule has 3 heteroatoms. The lowest BCUT2D eigenvalue weighted by atomic mass is 10.2. The molecule has 2 nitrogen and oxygen atoms in total. The number of hydrogen-bond donors (Lipinski definition) is 1. The molecule has 1 aromatic carbocycles. The van der Waals surface area contributed by atoms with Crippen molar-refractivity contribution in [3.8, 4) is 18.1 Å². The van der Waals surface area contributed by atoms with Gasteiger partial charge in [0, 0.05) is 18.2 Å². The van der Waals surface area contributed by atoms with Crippen LogP contribution in [-0.4, -0.2) is 24.2 Å². The first-order valence-electron chi connectivity index (χ1n) is 6.73. The Hall–Kier alpha value is -1.11. The minimum atomic E-state index is 0.319. The van der Waals surface area contributed by atoms with Gasteiger partial charge in [0.05, 0.1) is 0 Å². The van der Waals surface area contributed by atoms with Gasteiger partial charge in [-0.2, -0.15) is 11.8 Å². The largest absolute Gasteiger partial charge is 0.481 e. The lowest BCUT2D eigenvalue weighted by Crippen LogP contribution is -2.26. The summed E-state index contributed by atoms with van der Waals surface area (Å²) in [5.74, 6) is 5.77. The Balaban J connectivity index is 2.41. The van der Waals surface area contributed by atoms with Crippen LogP contribution in [0.15, 0.2) is 24.3 Å². The maximum atomic E-state index is 5.54. The Morgan fingerprint density at radius 2 is 2.21 bits per heavy atom. The first-order chi connectivity index (χ1) is 9.27. The Morgan fingerprint density at radius 1 is 1.42 bits per heavy atom. The van der Waals surface area contributed by atoms with Gasteiger partial charge in [0.2, 0.25) is 0 Å². The summed E-state index contributed by atoms with van der Waals surface area (Å²) in [6.45, 7) is 5.56. The Bertz CT molecular complexity index is 400. The first-order valence-corrected chi connectivity index (χ1v) is 7.88. The second kappa shape index (κ2) is 9.77. The molecule has 104 valence electrons. The summed E-state index contributed by atoms with van der Waals surface area (Å²) in [5.41, 5.74) is 1.16. The van der Waals surface area contributed by atoms with Crippen LogP contribution >= 0.6 is 11.8 Å². The molecule has 0 saturated carbocycles. The Kier molecular flexibility index (Phi) is 8.20. The summed E-state index contributed by atoms with van der Waals surface area (Å²) in [6, 6.07) is 8.55. The number of para-hydroxylation sites is 1. The lowest BCUT2D eigenvalue weighted by Gasteiger charge is -2.15. The second-order valence-corrected chi connectivity index (χ2v) is 5.76. The minimum Gasteiger partial charge on any atom is -0.481 e. The number of hydrogen-bond acceptors (Lipinski definition) is 3. The number of ether oxygens (including phenoxy) is 1. The molecule has 0 spiro atoms. The third-order valence-electron chi connectivity index (χ3n) is 2.82. The molecule has 1 aromatic rings. The number of thioether (sulfide) groups is 1. The normalized spacial score (nSPS) is 11.8. The Labute approximate surface area is 121 Å². The van der Waals surface area contributed by atoms with Crippen LogP contribution in [0.5, 0.6) is 5.75 Å². The summed E-state index contributed by atoms with van der Waals surface area (Å²) in [4.78, 5) is 0. The van der Waals surface area contributed by atoms with Crippen LogP contribution < -0.4 is 10.1 Å². The smallest absolute Gasteiger partial charge is 0.148 e. The highest BCUT2D eigenvalue weighted by Gasteiger charge is 2.05. The highest BCUT2D eigenvalue weighted by molar-refractivity contribution is 7.99. The molecule has 0 aromatic heterocycles. The van der Waals surface area contributed by atoms with Crippen molar-refractivity contribution >= 4 is 11.8 Å². The van der Waals surface area contributed by atoms with E-state index in [1.807, 2.05) is 30.0 Å². The summed E-state index contributed by atoms with van der Waals surface area (Å²) >= 11 is 1.99. The van der Waals surface area contributed by atoms with E-state index < -0.39 is 0 Å². The van der Waals surface area contributed by atoms with Crippen molar-refractivity contribution in [2.24, 2.45) is 0 Å². The van der Waals surface area contributed by atoms with E-state index in [0.29, 0.717) is 12.6 Å². The van der Waals surface area contributed by atoms with Crippen molar-refractivity contribution < 1.29 is 4.74 Å². The van der Waals surface area contributed by atoms with Gasteiger partial charge >= 0.3 is 0 Å². The molecule has 1 N–H and O–H groups in total. The van der Waals surface area contributed by atoms with E-state index in [-0.39, 0.29) is 0 Å². The van der Waals surface area contributed by atoms with Crippen LogP contribution in [0.4, 0.5) is 0 Å². The molecule has 19 heavy (non-hydrogen) atoms. The molecule has 1 unspecified atom stereocenters. The van der Waals surface area contributed by atoms with E-state index in [9.17, 15) is 0 Å². The molecule has 1 rings (SSSR count). The van der Waals surface area contributed by atoms with E-state index in [2.05, 4.69) is 31.2 Å². The van der Waals surface area contributed by atoms with E-state index in [4.69, 9.17) is 11.2 Å². The summed E-state index contributed by atoms with van der Waals surface area (Å²) in [6.07, 6.45) is 6.41. The van der Waals surface area contributed by atoms with Gasteiger partial charge in [-0.1, -0.05) is 31.0 Å². The van der Waals surface area contributed by atoms with Gasteiger partial charge in [0.25, 0.3) is 0 Å². The third-order valence-corrected chi connectivity index (χ3v) is 3.76. The lowest BCUT2D eigenvalue weighted by molar-refractivity contribution is 0.363. The van der Waals surface area contributed by atoms with Gasteiger partial charge in [-0.15, -0.1) is 6.42 Å². The number of benzene rings is 1. The highest BCUT2D eigenvalue weighted by Crippen LogP contribution is 2.18. The van der Waals surface area contributed by atoms with Crippen LogP contribution in [0.3, 0.4) is 0 Å². The molecule has 0 bridgehead atoms. The quantitative estimate of drug-likeness (QED) is 0.552. The number of terminal acetylenes is 1. The van der Waals surface area contributed by atoms with Gasteiger partial charge < -0.3 is 10.1 Å². The zero-order valence-electron chi connectivity index (χ0n) is 11.8. The molecule has 0 saturated heterocycles. The van der Waals surface area contributed by atoms with Crippen LogP contribution in [0, 0.1) is 12.3 Å². The fourth-order valence-electron chi connectivity index (χ4n) is 1.70. The Morgan fingerprint density at radius 3 is 2.95 bits per heavy atom. The topological polar surface area (TPSA) is 21.3 Å². The number of nitrogens with one attached hydrogen (secondary N) is 1. The van der Waals surface area contributed by atoms with Gasteiger partial charge in [-0.25, -0.2) is 0 Å². The highest BCUT2D eigenvalue weighted by atomic mass is 32.2. The average Bonchev–Trinajstić information content (AvgIpc) is 2.44. The SMILES string of the molecule is C#CCOc1ccccc1CNC(C)CCSCC. The summed E-state index contributed by atoms with van der Waals surface area (Å²) in [7, 11) is 0. The van der Waals surface area contributed by atoms with Crippen LogP contribution in [0.25, 0.3) is 0 Å². The van der Waals surface area contributed by atoms with Crippen molar-refractivity contribution in [3.63, 3.8) is 0 Å². The molecule has 1 atom stereocenters. The molecule has 0 aliphatic rings. The van der Waals surface area contributed by atoms with Gasteiger partial charge in [0.1, 0.15) is 12.4 Å². The molecule has 0 aliphatic heterocycles. The molecular formula is C16H23NOS. The first kappa shape index (κ1) is 15.9. The van der Waals surface area contributed by atoms with Crippen molar-refractivity contribution in [2.45, 2.75) is 32.9 Å². The van der Waals surface area contributed by atoms with E-state index in [1.54, 1.807) is 0 Å². The third kappa shape index (κ3) is 6.56. The molecule has 0 heterocycles. The molecule has 0 amide bonds. The van der Waals surface area contributed by atoms with Crippen LogP contribution in [0.1, 0.15) is 25.8 Å². The second-order valence-electron chi connectivity index (χ2n) is 4.37. The molecular weight excluding hydrogens is 254 g/mol. The monoisotopic (exact) mass is 277 g/mol. The van der Waals surface area contributed by atoms with E-state index >= 15 is 0 Å². The molecule has 0 fully saturated rings. The van der Waals surface area contributed by atoms with Gasteiger partial charge in [-0.3, -0.25) is 0 Å². The van der Waals surface area contributed by atoms with E-state index in [0.717, 1.165) is 17.9 Å². The average molecular weight is 277 g/mol. The van der Waals surface area contributed by atoms with Crippen molar-refractivity contribution in [1.29, 1.82) is 0 Å². The van der Waals surface area contributed by atoms with Crippen molar-refractivity contribution in [2.75, 3.05) is 18.1 Å². The van der Waals surface area contributed by atoms with Crippen molar-refractivity contribution in [1.82, 2.24) is 5.32 Å². The zero-order chi connectivity index (χ0) is 13.9. The van der Waals surface area contributed by atoms with Crippen molar-refractivity contribution in [3.05, 3.63) is 29.8 Å². The number of rotatable bonds is 9. The van der Waals surface area contributed by atoms with E-state index in [1.165, 1.54) is 17.9 Å². The van der Waals surface area contributed by atoms with Crippen LogP contribution in [-0.2, 0) is 6.54 Å². The maximum Gasteiger partial charge on any atom is 0.148 e. The molecule has 0 aliphatic carbocycles. The maximum absolute atomic E-state index is 5.54. The summed E-state index contributed by atoms with van der Waals surface area (Å²) in [5, 5.41) is 3.53. The summed E-state index contributed by atoms with van der Waals surface area (Å²) < 4.78 is 5.54. The zero-order valence-corrected chi connectivity index (χ0v) is 12.6. The fraction of sp³-hybridized carbons (Fsp3) is 0.500. The predicted molar refractivity (Wildman–Crippen MR) is 84.7 cm³/mol. The molecule has 0 radical (unpaired) electrons. The minimum absolute atomic E-state index is 0.319. The fourth-order valence-corrected chi connectivity index (χ4v) is 2.51. The standard InChI is InChI=1S/C16H23NOS/c1-4-11-18-16-9-7-6-8-15(16)13-17-14(3)10-12-19-5-2/h1,6-9,14,17H,5,10-13H2,2-3H3. The van der Waals surface area contributed by atoms with Gasteiger partial charge in [0.15, 0.2) is 0 Å². The van der Waals surface area contributed by atoms with Crippen LogP contribution in [0.2, 0.25) is 0 Å². The van der Waals surface area contributed by atoms with Gasteiger partial charge in [-0.05, 0) is 30.9 Å². The predicted octanol–water partition coefficient (Wildman–Crippen LogP) is 3.32.